The standard InChI is InChI=1S/C19H16Cl2N2O2/c1-3-14-10-18(25-19(24)13-6-4-12(2)5-7-13)23(22-14)15-8-9-16(20)17(21)11-15/h4-11H,3H2,1-2H3. The summed E-state index contributed by atoms with van der Waals surface area (Å²) >= 11 is 12.1. The van der Waals surface area contributed by atoms with E-state index in [9.17, 15) is 4.79 Å². The Hall–Kier alpha value is -2.30. The van der Waals surface area contributed by atoms with Crippen LogP contribution in [-0.4, -0.2) is 15.7 Å². The van der Waals surface area contributed by atoms with Gasteiger partial charge in [-0.15, -0.1) is 0 Å². The highest BCUT2D eigenvalue weighted by atomic mass is 35.5. The largest absolute Gasteiger partial charge is 0.404 e. The van der Waals surface area contributed by atoms with E-state index < -0.39 is 5.97 Å². The number of halogens is 2. The summed E-state index contributed by atoms with van der Waals surface area (Å²) in [5, 5.41) is 5.32. The molecule has 0 atom stereocenters. The number of aryl methyl sites for hydroxylation is 2. The Kier molecular flexibility index (Phi) is 5.11. The molecule has 0 aliphatic rings. The average Bonchev–Trinajstić information content (AvgIpc) is 3.01. The van der Waals surface area contributed by atoms with Crippen LogP contribution in [0, 0.1) is 6.92 Å². The van der Waals surface area contributed by atoms with Crippen molar-refractivity contribution in [3.63, 3.8) is 0 Å². The molecule has 0 radical (unpaired) electrons. The van der Waals surface area contributed by atoms with E-state index in [2.05, 4.69) is 5.10 Å². The predicted molar refractivity (Wildman–Crippen MR) is 99.1 cm³/mol. The first kappa shape index (κ1) is 17.5. The number of nitrogens with zero attached hydrogens (tertiary/aromatic N) is 2. The van der Waals surface area contributed by atoms with Crippen molar-refractivity contribution in [2.24, 2.45) is 0 Å². The Morgan fingerprint density at radius 2 is 1.80 bits per heavy atom. The molecule has 25 heavy (non-hydrogen) atoms. The van der Waals surface area contributed by atoms with E-state index in [1.165, 1.54) is 0 Å². The third-order valence-corrected chi connectivity index (χ3v) is 4.46. The van der Waals surface area contributed by atoms with Crippen LogP contribution in [-0.2, 0) is 6.42 Å². The summed E-state index contributed by atoms with van der Waals surface area (Å²) in [6, 6.07) is 14.1. The zero-order valence-corrected chi connectivity index (χ0v) is 15.3. The molecule has 0 N–H and O–H groups in total. The molecular formula is C19H16Cl2N2O2. The molecule has 0 unspecified atom stereocenters. The highest BCUT2D eigenvalue weighted by Gasteiger charge is 2.16. The lowest BCUT2D eigenvalue weighted by Gasteiger charge is -2.09. The first-order valence-corrected chi connectivity index (χ1v) is 8.56. The predicted octanol–water partition coefficient (Wildman–Crippen LogP) is 5.27. The molecule has 0 spiro atoms. The Morgan fingerprint density at radius 1 is 1.08 bits per heavy atom. The van der Waals surface area contributed by atoms with Crippen molar-refractivity contribution in [1.82, 2.24) is 9.78 Å². The van der Waals surface area contributed by atoms with Crippen LogP contribution < -0.4 is 4.74 Å². The number of rotatable bonds is 4. The molecule has 3 aromatic rings. The van der Waals surface area contributed by atoms with Crippen LogP contribution in [0.25, 0.3) is 5.69 Å². The maximum absolute atomic E-state index is 12.4. The second-order valence-corrected chi connectivity index (χ2v) is 6.41. The van der Waals surface area contributed by atoms with Gasteiger partial charge in [0.15, 0.2) is 0 Å². The maximum Gasteiger partial charge on any atom is 0.344 e. The smallest absolute Gasteiger partial charge is 0.344 e. The number of aromatic nitrogens is 2. The normalized spacial score (nSPS) is 10.7. The fourth-order valence-electron chi connectivity index (χ4n) is 2.30. The van der Waals surface area contributed by atoms with Gasteiger partial charge in [0.25, 0.3) is 0 Å². The number of esters is 1. The molecule has 0 aliphatic heterocycles. The molecule has 0 fully saturated rings. The van der Waals surface area contributed by atoms with Crippen LogP contribution in [0.15, 0.2) is 48.5 Å². The van der Waals surface area contributed by atoms with Crippen LogP contribution in [0.1, 0.15) is 28.5 Å². The van der Waals surface area contributed by atoms with E-state index in [-0.39, 0.29) is 0 Å². The monoisotopic (exact) mass is 374 g/mol. The van der Waals surface area contributed by atoms with Gasteiger partial charge in [-0.05, 0) is 43.7 Å². The van der Waals surface area contributed by atoms with Crippen molar-refractivity contribution < 1.29 is 9.53 Å². The van der Waals surface area contributed by atoms with E-state index >= 15 is 0 Å². The lowest BCUT2D eigenvalue weighted by molar-refractivity contribution is 0.0723. The second kappa shape index (κ2) is 7.30. The van der Waals surface area contributed by atoms with Crippen LogP contribution in [0.4, 0.5) is 0 Å². The van der Waals surface area contributed by atoms with Gasteiger partial charge < -0.3 is 4.74 Å². The average molecular weight is 375 g/mol. The minimum Gasteiger partial charge on any atom is -0.404 e. The lowest BCUT2D eigenvalue weighted by atomic mass is 10.1. The first-order chi connectivity index (χ1) is 12.0. The van der Waals surface area contributed by atoms with E-state index in [1.54, 1.807) is 41.1 Å². The lowest BCUT2D eigenvalue weighted by Crippen LogP contribution is -2.11. The summed E-state index contributed by atoms with van der Waals surface area (Å²) in [4.78, 5) is 12.4. The van der Waals surface area contributed by atoms with Gasteiger partial charge in [-0.2, -0.15) is 5.10 Å². The summed E-state index contributed by atoms with van der Waals surface area (Å²) in [6.45, 7) is 3.94. The van der Waals surface area contributed by atoms with Crippen molar-refractivity contribution in [3.05, 3.63) is 75.4 Å². The van der Waals surface area contributed by atoms with Crippen molar-refractivity contribution in [1.29, 1.82) is 0 Å². The fraction of sp³-hybridized carbons (Fsp3) is 0.158. The molecule has 0 bridgehead atoms. The minimum atomic E-state index is -0.441. The van der Waals surface area contributed by atoms with Gasteiger partial charge in [0.2, 0.25) is 5.88 Å². The molecule has 2 aromatic carbocycles. The summed E-state index contributed by atoms with van der Waals surface area (Å²) in [5.74, 6) is -0.107. The van der Waals surface area contributed by atoms with Gasteiger partial charge in [0.1, 0.15) is 0 Å². The zero-order chi connectivity index (χ0) is 18.0. The van der Waals surface area contributed by atoms with Crippen LogP contribution in [0.2, 0.25) is 10.0 Å². The Morgan fingerprint density at radius 3 is 2.44 bits per heavy atom. The molecule has 6 heteroatoms. The molecule has 0 amide bonds. The van der Waals surface area contributed by atoms with Gasteiger partial charge in [-0.25, -0.2) is 9.48 Å². The Labute approximate surface area is 155 Å². The zero-order valence-electron chi connectivity index (χ0n) is 13.8. The molecule has 3 rings (SSSR count). The molecule has 0 aliphatic carbocycles. The van der Waals surface area contributed by atoms with Crippen molar-refractivity contribution >= 4 is 29.2 Å². The van der Waals surface area contributed by atoms with Crippen LogP contribution in [0.5, 0.6) is 5.88 Å². The van der Waals surface area contributed by atoms with Gasteiger partial charge >= 0.3 is 5.97 Å². The molecule has 1 aromatic heterocycles. The number of carbonyl (C=O) groups excluding carboxylic acids is 1. The van der Waals surface area contributed by atoms with E-state index in [0.29, 0.717) is 33.6 Å². The molecule has 4 nitrogen and oxygen atoms in total. The molecule has 128 valence electrons. The summed E-state index contributed by atoms with van der Waals surface area (Å²) < 4.78 is 7.11. The van der Waals surface area contributed by atoms with E-state index in [0.717, 1.165) is 11.3 Å². The summed E-state index contributed by atoms with van der Waals surface area (Å²) in [5.41, 5.74) is 3.02. The minimum absolute atomic E-state index is 0.334. The fourth-order valence-corrected chi connectivity index (χ4v) is 2.59. The molecule has 1 heterocycles. The van der Waals surface area contributed by atoms with Crippen molar-refractivity contribution in [3.8, 4) is 11.6 Å². The van der Waals surface area contributed by atoms with Gasteiger partial charge in [0, 0.05) is 6.07 Å². The van der Waals surface area contributed by atoms with Crippen LogP contribution in [0.3, 0.4) is 0 Å². The Balaban J connectivity index is 1.95. The van der Waals surface area contributed by atoms with E-state index in [4.69, 9.17) is 27.9 Å². The van der Waals surface area contributed by atoms with Gasteiger partial charge in [0.05, 0.1) is 27.0 Å². The molecular weight excluding hydrogens is 359 g/mol. The van der Waals surface area contributed by atoms with Gasteiger partial charge in [-0.1, -0.05) is 47.8 Å². The van der Waals surface area contributed by atoms with Crippen LogP contribution >= 0.6 is 23.2 Å². The number of benzene rings is 2. The third-order valence-electron chi connectivity index (χ3n) is 3.72. The molecule has 0 saturated heterocycles. The first-order valence-electron chi connectivity index (χ1n) is 7.81. The third kappa shape index (κ3) is 3.86. The number of hydrogen-bond acceptors (Lipinski definition) is 3. The Bertz CT molecular complexity index is 918. The maximum atomic E-state index is 12.4. The molecule has 0 saturated carbocycles. The number of hydrogen-bond donors (Lipinski definition) is 0. The van der Waals surface area contributed by atoms with Crippen molar-refractivity contribution in [2.45, 2.75) is 20.3 Å². The second-order valence-electron chi connectivity index (χ2n) is 5.59. The SMILES string of the molecule is CCc1cc(OC(=O)c2ccc(C)cc2)n(-c2ccc(Cl)c(Cl)c2)n1. The summed E-state index contributed by atoms with van der Waals surface area (Å²) in [6.07, 6.45) is 0.712. The quantitative estimate of drug-likeness (QED) is 0.584. The van der Waals surface area contributed by atoms with Gasteiger partial charge in [-0.3, -0.25) is 0 Å². The number of ether oxygens (including phenoxy) is 1. The topological polar surface area (TPSA) is 44.1 Å². The summed E-state index contributed by atoms with van der Waals surface area (Å²) in [7, 11) is 0. The highest BCUT2D eigenvalue weighted by Crippen LogP contribution is 2.27. The highest BCUT2D eigenvalue weighted by molar-refractivity contribution is 6.42. The van der Waals surface area contributed by atoms with E-state index in [1.807, 2.05) is 26.0 Å². The van der Waals surface area contributed by atoms with Crippen molar-refractivity contribution in [2.75, 3.05) is 0 Å². The number of carbonyl (C=O) groups is 1.